The summed E-state index contributed by atoms with van der Waals surface area (Å²) in [5.74, 6) is -0.552. The number of carbonyl (C=O) groups is 2. The van der Waals surface area contributed by atoms with Crippen LogP contribution in [0, 0.1) is 0 Å². The molecular formula is C15H20O4. The Morgan fingerprint density at radius 2 is 1.74 bits per heavy atom. The Morgan fingerprint density at radius 1 is 1.11 bits per heavy atom. The van der Waals surface area contributed by atoms with Crippen LogP contribution in [0.3, 0.4) is 0 Å². The van der Waals surface area contributed by atoms with Crippen LogP contribution < -0.4 is 0 Å². The highest BCUT2D eigenvalue weighted by molar-refractivity contribution is 5.82. The summed E-state index contributed by atoms with van der Waals surface area (Å²) in [5.41, 5.74) is 0.163. The number of benzene rings is 1. The van der Waals surface area contributed by atoms with Crippen LogP contribution in [0.5, 0.6) is 0 Å². The van der Waals surface area contributed by atoms with Gasteiger partial charge in [0.25, 0.3) is 0 Å². The maximum atomic E-state index is 12.0. The number of esters is 2. The van der Waals surface area contributed by atoms with Crippen LogP contribution >= 0.6 is 0 Å². The highest BCUT2D eigenvalue weighted by atomic mass is 16.5. The lowest BCUT2D eigenvalue weighted by molar-refractivity contribution is -0.148. The van der Waals surface area contributed by atoms with Crippen molar-refractivity contribution in [3.8, 4) is 0 Å². The molecule has 0 amide bonds. The van der Waals surface area contributed by atoms with E-state index in [0.717, 1.165) is 5.56 Å². The number of methoxy groups -OCH3 is 2. The first-order valence-electron chi connectivity index (χ1n) is 6.25. The van der Waals surface area contributed by atoms with Crippen LogP contribution in [-0.4, -0.2) is 26.2 Å². The number of ether oxygens (including phenoxy) is 2. The molecule has 0 heterocycles. The van der Waals surface area contributed by atoms with Gasteiger partial charge in [0.15, 0.2) is 0 Å². The molecule has 0 aliphatic rings. The van der Waals surface area contributed by atoms with E-state index in [0.29, 0.717) is 19.3 Å². The van der Waals surface area contributed by atoms with Crippen molar-refractivity contribution in [2.45, 2.75) is 31.6 Å². The molecule has 1 aromatic rings. The summed E-state index contributed by atoms with van der Waals surface area (Å²) in [7, 11) is 2.74. The number of rotatable bonds is 6. The molecule has 1 atom stereocenters. The van der Waals surface area contributed by atoms with Crippen LogP contribution in [0.4, 0.5) is 0 Å². The maximum Gasteiger partial charge on any atom is 0.315 e. The van der Waals surface area contributed by atoms with Crippen molar-refractivity contribution in [1.82, 2.24) is 0 Å². The predicted molar refractivity (Wildman–Crippen MR) is 71.7 cm³/mol. The summed E-state index contributed by atoms with van der Waals surface area (Å²) in [6, 6.07) is 9.47. The van der Waals surface area contributed by atoms with Gasteiger partial charge in [-0.15, -0.1) is 0 Å². The van der Waals surface area contributed by atoms with E-state index in [1.165, 1.54) is 14.2 Å². The summed E-state index contributed by atoms with van der Waals surface area (Å²) in [4.78, 5) is 23.2. The zero-order valence-electron chi connectivity index (χ0n) is 11.6. The van der Waals surface area contributed by atoms with E-state index in [4.69, 9.17) is 4.74 Å². The monoisotopic (exact) mass is 264 g/mol. The van der Waals surface area contributed by atoms with E-state index in [9.17, 15) is 9.59 Å². The fourth-order valence-electron chi connectivity index (χ4n) is 2.08. The van der Waals surface area contributed by atoms with Crippen LogP contribution in [0.1, 0.15) is 31.7 Å². The van der Waals surface area contributed by atoms with Gasteiger partial charge in [-0.2, -0.15) is 0 Å². The van der Waals surface area contributed by atoms with E-state index < -0.39 is 5.41 Å². The van der Waals surface area contributed by atoms with Gasteiger partial charge in [0, 0.05) is 6.42 Å². The topological polar surface area (TPSA) is 52.6 Å². The largest absolute Gasteiger partial charge is 0.469 e. The molecule has 0 aromatic heterocycles. The molecule has 0 fully saturated rings. The molecule has 0 saturated heterocycles. The standard InChI is InChI=1S/C15H20O4/c1-15(14(17)19-3,11-7-10-13(16)18-2)12-8-5-4-6-9-12/h4-6,8-9H,7,10-11H2,1-3H3/t15-/m1/s1. The molecule has 0 unspecified atom stereocenters. The van der Waals surface area contributed by atoms with E-state index in [1.807, 2.05) is 37.3 Å². The van der Waals surface area contributed by atoms with Gasteiger partial charge < -0.3 is 9.47 Å². The van der Waals surface area contributed by atoms with Gasteiger partial charge in [0.2, 0.25) is 0 Å². The van der Waals surface area contributed by atoms with Crippen molar-refractivity contribution in [2.75, 3.05) is 14.2 Å². The van der Waals surface area contributed by atoms with Gasteiger partial charge in [0.1, 0.15) is 0 Å². The van der Waals surface area contributed by atoms with E-state index in [1.54, 1.807) is 0 Å². The van der Waals surface area contributed by atoms with E-state index in [-0.39, 0.29) is 11.9 Å². The van der Waals surface area contributed by atoms with Crippen molar-refractivity contribution in [2.24, 2.45) is 0 Å². The summed E-state index contributed by atoms with van der Waals surface area (Å²) in [5, 5.41) is 0. The van der Waals surface area contributed by atoms with Crippen LogP contribution in [0.2, 0.25) is 0 Å². The molecular weight excluding hydrogens is 244 g/mol. The Balaban J connectivity index is 2.83. The number of hydrogen-bond donors (Lipinski definition) is 0. The molecule has 19 heavy (non-hydrogen) atoms. The molecule has 0 spiro atoms. The molecule has 0 aliphatic carbocycles. The first kappa shape index (κ1) is 15.2. The summed E-state index contributed by atoms with van der Waals surface area (Å²) >= 11 is 0. The fraction of sp³-hybridized carbons (Fsp3) is 0.467. The SMILES string of the molecule is COC(=O)CCC[C@@](C)(C(=O)OC)c1ccccc1. The van der Waals surface area contributed by atoms with Crippen molar-refractivity contribution in [3.05, 3.63) is 35.9 Å². The Morgan fingerprint density at radius 3 is 2.26 bits per heavy atom. The van der Waals surface area contributed by atoms with Crippen molar-refractivity contribution in [3.63, 3.8) is 0 Å². The van der Waals surface area contributed by atoms with Gasteiger partial charge in [-0.25, -0.2) is 0 Å². The van der Waals surface area contributed by atoms with Crippen LogP contribution in [0.15, 0.2) is 30.3 Å². The van der Waals surface area contributed by atoms with E-state index >= 15 is 0 Å². The van der Waals surface area contributed by atoms with Gasteiger partial charge in [-0.1, -0.05) is 30.3 Å². The van der Waals surface area contributed by atoms with E-state index in [2.05, 4.69) is 4.74 Å². The smallest absolute Gasteiger partial charge is 0.315 e. The molecule has 1 aromatic carbocycles. The zero-order valence-corrected chi connectivity index (χ0v) is 11.6. The molecule has 104 valence electrons. The van der Waals surface area contributed by atoms with Crippen molar-refractivity contribution in [1.29, 1.82) is 0 Å². The normalized spacial score (nSPS) is 13.4. The Bertz CT molecular complexity index is 427. The van der Waals surface area contributed by atoms with Crippen LogP contribution in [-0.2, 0) is 24.5 Å². The maximum absolute atomic E-state index is 12.0. The van der Waals surface area contributed by atoms with Gasteiger partial charge >= 0.3 is 11.9 Å². The fourth-order valence-corrected chi connectivity index (χ4v) is 2.08. The third-order valence-corrected chi connectivity index (χ3v) is 3.33. The number of carbonyl (C=O) groups excluding carboxylic acids is 2. The quantitative estimate of drug-likeness (QED) is 0.741. The number of hydrogen-bond acceptors (Lipinski definition) is 4. The highest BCUT2D eigenvalue weighted by Gasteiger charge is 2.35. The molecule has 4 nitrogen and oxygen atoms in total. The molecule has 0 bridgehead atoms. The van der Waals surface area contributed by atoms with Crippen LogP contribution in [0.25, 0.3) is 0 Å². The molecule has 0 N–H and O–H groups in total. The average molecular weight is 264 g/mol. The van der Waals surface area contributed by atoms with Gasteiger partial charge in [0.05, 0.1) is 19.6 Å². The third-order valence-electron chi connectivity index (χ3n) is 3.33. The average Bonchev–Trinajstić information content (AvgIpc) is 2.46. The Hall–Kier alpha value is -1.84. The second kappa shape index (κ2) is 6.92. The lowest BCUT2D eigenvalue weighted by Gasteiger charge is -2.27. The van der Waals surface area contributed by atoms with Gasteiger partial charge in [-0.3, -0.25) is 9.59 Å². The minimum atomic E-state index is -0.732. The Labute approximate surface area is 113 Å². The van der Waals surface area contributed by atoms with Crippen molar-refractivity contribution >= 4 is 11.9 Å². The molecule has 0 radical (unpaired) electrons. The highest BCUT2D eigenvalue weighted by Crippen LogP contribution is 2.31. The minimum absolute atomic E-state index is 0.264. The Kier molecular flexibility index (Phi) is 5.55. The summed E-state index contributed by atoms with van der Waals surface area (Å²) < 4.78 is 9.50. The summed E-state index contributed by atoms with van der Waals surface area (Å²) in [6.07, 6.45) is 1.42. The zero-order chi connectivity index (χ0) is 14.3. The minimum Gasteiger partial charge on any atom is -0.469 e. The first-order chi connectivity index (χ1) is 9.04. The molecule has 4 heteroatoms. The molecule has 1 rings (SSSR count). The third kappa shape index (κ3) is 3.81. The first-order valence-corrected chi connectivity index (χ1v) is 6.25. The van der Waals surface area contributed by atoms with Gasteiger partial charge in [-0.05, 0) is 25.3 Å². The molecule has 0 saturated carbocycles. The molecule has 0 aliphatic heterocycles. The second-order valence-electron chi connectivity index (χ2n) is 4.62. The summed E-state index contributed by atoms with van der Waals surface area (Å²) in [6.45, 7) is 1.84. The van der Waals surface area contributed by atoms with Crippen molar-refractivity contribution < 1.29 is 19.1 Å². The lowest BCUT2D eigenvalue weighted by atomic mass is 9.78. The second-order valence-corrected chi connectivity index (χ2v) is 4.62. The predicted octanol–water partition coefficient (Wildman–Crippen LogP) is 2.46. The lowest BCUT2D eigenvalue weighted by Crippen LogP contribution is -2.34.